The first kappa shape index (κ1) is 14.4. The summed E-state index contributed by atoms with van der Waals surface area (Å²) >= 11 is 0. The summed E-state index contributed by atoms with van der Waals surface area (Å²) in [6.45, 7) is 2.89. The van der Waals surface area contributed by atoms with Crippen LogP contribution in [-0.4, -0.2) is 25.9 Å². The second-order valence-electron chi connectivity index (χ2n) is 6.07. The summed E-state index contributed by atoms with van der Waals surface area (Å²) < 4.78 is 0. The molecule has 6 heteroatoms. The maximum Gasteiger partial charge on any atom is 0.273 e. The second kappa shape index (κ2) is 5.19. The molecule has 120 valence electrons. The molecule has 0 atom stereocenters. The first-order valence-corrected chi connectivity index (χ1v) is 7.65. The normalized spacial score (nSPS) is 13.3. The van der Waals surface area contributed by atoms with E-state index < -0.39 is 0 Å². The van der Waals surface area contributed by atoms with Gasteiger partial charge in [0.05, 0.1) is 5.52 Å². The van der Waals surface area contributed by atoms with Gasteiger partial charge in [-0.25, -0.2) is 9.97 Å². The van der Waals surface area contributed by atoms with Crippen LogP contribution in [0.3, 0.4) is 0 Å². The van der Waals surface area contributed by atoms with Crippen molar-refractivity contribution in [2.75, 3.05) is 5.73 Å². The van der Waals surface area contributed by atoms with E-state index in [1.165, 1.54) is 0 Å². The third-order valence-electron chi connectivity index (χ3n) is 4.27. The standard InChI is InChI=1S/C18H16N4O2/c1-10-2-5-15-14(6-10)16(21-18(19)20-15)17(24)22-8-11-3-4-13(23)7-12(11)9-22/h2-7,23H,8-9H2,1H3,(H2,19,20,21). The van der Waals surface area contributed by atoms with E-state index in [0.717, 1.165) is 16.7 Å². The highest BCUT2D eigenvalue weighted by Crippen LogP contribution is 2.28. The van der Waals surface area contributed by atoms with Crippen molar-refractivity contribution >= 4 is 22.8 Å². The van der Waals surface area contributed by atoms with Crippen LogP contribution in [-0.2, 0) is 13.1 Å². The van der Waals surface area contributed by atoms with E-state index in [-0.39, 0.29) is 17.6 Å². The van der Waals surface area contributed by atoms with Crippen LogP contribution in [0.25, 0.3) is 10.9 Å². The van der Waals surface area contributed by atoms with Crippen LogP contribution in [0.15, 0.2) is 36.4 Å². The molecule has 3 N–H and O–H groups in total. The number of hydrogen-bond donors (Lipinski definition) is 2. The second-order valence-corrected chi connectivity index (χ2v) is 6.07. The Morgan fingerprint density at radius 3 is 2.75 bits per heavy atom. The molecule has 1 aliphatic rings. The Morgan fingerprint density at radius 1 is 1.12 bits per heavy atom. The summed E-state index contributed by atoms with van der Waals surface area (Å²) in [5.74, 6) is 0.106. The SMILES string of the molecule is Cc1ccc2nc(N)nc(C(=O)N3Cc4ccc(O)cc4C3)c2c1. The van der Waals surface area contributed by atoms with E-state index in [1.807, 2.05) is 31.2 Å². The molecule has 0 bridgehead atoms. The highest BCUT2D eigenvalue weighted by atomic mass is 16.3. The lowest BCUT2D eigenvalue weighted by Gasteiger charge is -2.16. The van der Waals surface area contributed by atoms with Gasteiger partial charge in [0, 0.05) is 18.5 Å². The van der Waals surface area contributed by atoms with Crippen LogP contribution in [0.5, 0.6) is 5.75 Å². The summed E-state index contributed by atoms with van der Waals surface area (Å²) in [7, 11) is 0. The predicted octanol–water partition coefficient (Wildman–Crippen LogP) is 2.38. The number of benzene rings is 2. The molecule has 24 heavy (non-hydrogen) atoms. The molecule has 0 unspecified atom stereocenters. The van der Waals surface area contributed by atoms with Gasteiger partial charge in [0.1, 0.15) is 11.4 Å². The van der Waals surface area contributed by atoms with Crippen molar-refractivity contribution < 1.29 is 9.90 Å². The Labute approximate surface area is 138 Å². The number of hydrogen-bond acceptors (Lipinski definition) is 5. The summed E-state index contributed by atoms with van der Waals surface area (Å²) in [6.07, 6.45) is 0. The van der Waals surface area contributed by atoms with Gasteiger partial charge in [0.2, 0.25) is 5.95 Å². The fourth-order valence-electron chi connectivity index (χ4n) is 3.10. The molecule has 0 fully saturated rings. The fraction of sp³-hybridized carbons (Fsp3) is 0.167. The third-order valence-corrected chi connectivity index (χ3v) is 4.27. The highest BCUT2D eigenvalue weighted by molar-refractivity contribution is 6.05. The molecule has 2 heterocycles. The fourth-order valence-corrected chi connectivity index (χ4v) is 3.10. The molecule has 0 saturated heterocycles. The van der Waals surface area contributed by atoms with Gasteiger partial charge in [-0.3, -0.25) is 4.79 Å². The zero-order valence-corrected chi connectivity index (χ0v) is 13.2. The molecule has 0 spiro atoms. The number of phenols is 1. The van der Waals surface area contributed by atoms with Crippen molar-refractivity contribution in [3.8, 4) is 5.75 Å². The average molecular weight is 320 g/mol. The Kier molecular flexibility index (Phi) is 3.13. The monoisotopic (exact) mass is 320 g/mol. The van der Waals surface area contributed by atoms with E-state index in [1.54, 1.807) is 17.0 Å². The van der Waals surface area contributed by atoms with Gasteiger partial charge in [-0.1, -0.05) is 17.7 Å². The van der Waals surface area contributed by atoms with Crippen LogP contribution in [0.1, 0.15) is 27.2 Å². The summed E-state index contributed by atoms with van der Waals surface area (Å²) in [5.41, 5.74) is 9.76. The lowest BCUT2D eigenvalue weighted by Crippen LogP contribution is -2.27. The number of phenolic OH excluding ortho intramolecular Hbond substituents is 1. The molecule has 6 nitrogen and oxygen atoms in total. The van der Waals surface area contributed by atoms with Crippen LogP contribution in [0.4, 0.5) is 5.95 Å². The number of carbonyl (C=O) groups is 1. The van der Waals surface area contributed by atoms with E-state index in [2.05, 4.69) is 9.97 Å². The van der Waals surface area contributed by atoms with E-state index in [4.69, 9.17) is 5.73 Å². The van der Waals surface area contributed by atoms with E-state index in [0.29, 0.717) is 29.7 Å². The van der Waals surface area contributed by atoms with Crippen molar-refractivity contribution in [2.45, 2.75) is 20.0 Å². The number of aromatic hydroxyl groups is 1. The number of amides is 1. The smallest absolute Gasteiger partial charge is 0.273 e. The topological polar surface area (TPSA) is 92.3 Å². The molecule has 4 rings (SSSR count). The average Bonchev–Trinajstić information content (AvgIpc) is 2.97. The Hall–Kier alpha value is -3.15. The van der Waals surface area contributed by atoms with Gasteiger partial charge in [-0.05, 0) is 42.3 Å². The first-order chi connectivity index (χ1) is 11.5. The van der Waals surface area contributed by atoms with Crippen molar-refractivity contribution in [3.63, 3.8) is 0 Å². The Morgan fingerprint density at radius 2 is 1.92 bits per heavy atom. The number of aromatic nitrogens is 2. The molecule has 2 aromatic carbocycles. The van der Waals surface area contributed by atoms with Crippen LogP contribution in [0, 0.1) is 6.92 Å². The number of carbonyl (C=O) groups excluding carboxylic acids is 1. The largest absolute Gasteiger partial charge is 0.508 e. The zero-order chi connectivity index (χ0) is 16.8. The minimum atomic E-state index is -0.185. The van der Waals surface area contributed by atoms with Gasteiger partial charge < -0.3 is 15.7 Å². The number of nitrogens with zero attached hydrogens (tertiary/aromatic N) is 3. The van der Waals surface area contributed by atoms with Crippen molar-refractivity contribution in [1.29, 1.82) is 0 Å². The molecular formula is C18H16N4O2. The number of aryl methyl sites for hydroxylation is 1. The minimum absolute atomic E-state index is 0.0871. The van der Waals surface area contributed by atoms with Gasteiger partial charge in [-0.15, -0.1) is 0 Å². The summed E-state index contributed by atoms with van der Waals surface area (Å²) in [5, 5.41) is 10.3. The Bertz CT molecular complexity index is 984. The molecule has 0 saturated carbocycles. The zero-order valence-electron chi connectivity index (χ0n) is 13.2. The maximum atomic E-state index is 13.0. The number of anilines is 1. The van der Waals surface area contributed by atoms with Gasteiger partial charge in [-0.2, -0.15) is 0 Å². The molecule has 1 aromatic heterocycles. The van der Waals surface area contributed by atoms with E-state index in [9.17, 15) is 9.90 Å². The highest BCUT2D eigenvalue weighted by Gasteiger charge is 2.27. The van der Waals surface area contributed by atoms with Crippen LogP contribution >= 0.6 is 0 Å². The number of rotatable bonds is 1. The minimum Gasteiger partial charge on any atom is -0.508 e. The van der Waals surface area contributed by atoms with E-state index >= 15 is 0 Å². The summed E-state index contributed by atoms with van der Waals surface area (Å²) in [6, 6.07) is 10.8. The number of nitrogen functional groups attached to an aromatic ring is 1. The van der Waals surface area contributed by atoms with Crippen molar-refractivity contribution in [2.24, 2.45) is 0 Å². The molecular weight excluding hydrogens is 304 g/mol. The quantitative estimate of drug-likeness (QED) is 0.718. The van der Waals surface area contributed by atoms with Crippen LogP contribution < -0.4 is 5.73 Å². The maximum absolute atomic E-state index is 13.0. The Balaban J connectivity index is 1.76. The molecule has 0 aliphatic carbocycles. The van der Waals surface area contributed by atoms with Gasteiger partial charge in [0.15, 0.2) is 0 Å². The number of nitrogens with two attached hydrogens (primary N) is 1. The molecule has 1 aliphatic heterocycles. The van der Waals surface area contributed by atoms with Crippen molar-refractivity contribution in [1.82, 2.24) is 14.9 Å². The first-order valence-electron chi connectivity index (χ1n) is 7.65. The lowest BCUT2D eigenvalue weighted by atomic mass is 10.1. The number of fused-ring (bicyclic) bond motifs is 2. The van der Waals surface area contributed by atoms with Crippen molar-refractivity contribution in [3.05, 3.63) is 58.8 Å². The molecule has 1 amide bonds. The molecule has 3 aromatic rings. The third kappa shape index (κ3) is 2.32. The lowest BCUT2D eigenvalue weighted by molar-refractivity contribution is 0.0747. The van der Waals surface area contributed by atoms with Gasteiger partial charge >= 0.3 is 0 Å². The summed E-state index contributed by atoms with van der Waals surface area (Å²) in [4.78, 5) is 23.1. The predicted molar refractivity (Wildman–Crippen MR) is 90.4 cm³/mol. The molecule has 0 radical (unpaired) electrons. The van der Waals surface area contributed by atoms with Crippen LogP contribution in [0.2, 0.25) is 0 Å². The van der Waals surface area contributed by atoms with Gasteiger partial charge in [0.25, 0.3) is 5.91 Å².